The molecule has 24 heavy (non-hydrogen) atoms. The number of allylic oxidation sites excluding steroid dienone is 1. The van der Waals surface area contributed by atoms with E-state index in [0.29, 0.717) is 6.54 Å². The molecule has 1 saturated heterocycles. The topological polar surface area (TPSA) is 38.1 Å². The second-order valence-corrected chi connectivity index (χ2v) is 7.56. The van der Waals surface area contributed by atoms with E-state index in [0.717, 1.165) is 28.9 Å². The number of anilines is 1. The number of hydrogen-bond donors (Lipinski definition) is 0. The van der Waals surface area contributed by atoms with Gasteiger partial charge in [0.15, 0.2) is 0 Å². The van der Waals surface area contributed by atoms with Crippen LogP contribution in [0, 0.1) is 0 Å². The van der Waals surface area contributed by atoms with Crippen LogP contribution in [0.25, 0.3) is 5.57 Å². The zero-order valence-electron chi connectivity index (χ0n) is 14.9. The number of nitrogens with zero attached hydrogens (tertiary/aromatic N) is 3. The van der Waals surface area contributed by atoms with Crippen molar-refractivity contribution >= 4 is 17.2 Å². The summed E-state index contributed by atoms with van der Waals surface area (Å²) >= 11 is 0. The molecule has 0 spiro atoms. The summed E-state index contributed by atoms with van der Waals surface area (Å²) in [6, 6.07) is 9.81. The van der Waals surface area contributed by atoms with E-state index in [4.69, 9.17) is 0 Å². The van der Waals surface area contributed by atoms with Crippen LogP contribution in [0.3, 0.4) is 0 Å². The van der Waals surface area contributed by atoms with Crippen LogP contribution in [0.4, 0.5) is 5.69 Å². The first-order chi connectivity index (χ1) is 11.3. The second kappa shape index (κ2) is 5.93. The largest absolute Gasteiger partial charge is 0.310 e. The van der Waals surface area contributed by atoms with E-state index < -0.39 is 0 Å². The molecule has 3 rings (SSSR count). The van der Waals surface area contributed by atoms with E-state index in [1.54, 1.807) is 0 Å². The third kappa shape index (κ3) is 3.01. The fraction of sp³-hybridized carbons (Fsp3) is 0.400. The monoisotopic (exact) mass is 323 g/mol. The highest BCUT2D eigenvalue weighted by molar-refractivity contribution is 5.98. The molecule has 1 aromatic heterocycles. The lowest BCUT2D eigenvalue weighted by Crippen LogP contribution is -2.28. The number of hydrogen-bond acceptors (Lipinski definition) is 2. The normalized spacial score (nSPS) is 18.2. The number of benzene rings is 1. The highest BCUT2D eigenvalue weighted by atomic mass is 16.2. The van der Waals surface area contributed by atoms with Crippen LogP contribution < -0.4 is 4.90 Å². The quantitative estimate of drug-likeness (QED) is 0.849. The third-order valence-electron chi connectivity index (χ3n) is 4.52. The van der Waals surface area contributed by atoms with Gasteiger partial charge in [0.05, 0.1) is 5.69 Å². The molecule has 1 atom stereocenters. The molecule has 1 fully saturated rings. The van der Waals surface area contributed by atoms with Crippen LogP contribution >= 0.6 is 0 Å². The maximum atomic E-state index is 12.9. The van der Waals surface area contributed by atoms with Crippen molar-refractivity contribution in [3.63, 3.8) is 0 Å². The zero-order chi connectivity index (χ0) is 17.5. The minimum Gasteiger partial charge on any atom is -0.310 e. The second-order valence-electron chi connectivity index (χ2n) is 7.56. The summed E-state index contributed by atoms with van der Waals surface area (Å²) in [4.78, 5) is 14.7. The predicted octanol–water partition coefficient (Wildman–Crippen LogP) is 4.19. The van der Waals surface area contributed by atoms with Gasteiger partial charge < -0.3 is 4.90 Å². The molecule has 1 aliphatic rings. The number of amides is 1. The Morgan fingerprint density at radius 3 is 2.67 bits per heavy atom. The Kier molecular flexibility index (Phi) is 4.08. The van der Waals surface area contributed by atoms with Gasteiger partial charge in [-0.05, 0) is 37.1 Å². The number of carbonyl (C=O) groups excluding carboxylic acids is 1. The van der Waals surface area contributed by atoms with Crippen molar-refractivity contribution in [2.75, 3.05) is 11.4 Å². The SMILES string of the molecule is C=C(C)c1cccc(N2CCC(n3ccc(C(C)(C)C)n3)C2=O)c1. The first kappa shape index (κ1) is 16.5. The summed E-state index contributed by atoms with van der Waals surface area (Å²) in [7, 11) is 0. The zero-order valence-corrected chi connectivity index (χ0v) is 14.9. The smallest absolute Gasteiger partial charge is 0.251 e. The van der Waals surface area contributed by atoms with Gasteiger partial charge in [-0.1, -0.05) is 45.1 Å². The summed E-state index contributed by atoms with van der Waals surface area (Å²) in [5.74, 6) is 0.109. The molecule has 1 aliphatic heterocycles. The van der Waals surface area contributed by atoms with E-state index in [1.807, 2.05) is 53.0 Å². The summed E-state index contributed by atoms with van der Waals surface area (Å²) in [6.07, 6.45) is 2.71. The fourth-order valence-electron chi connectivity index (χ4n) is 3.02. The Balaban J connectivity index is 1.84. The minimum absolute atomic E-state index is 0.0115. The van der Waals surface area contributed by atoms with Crippen LogP contribution in [-0.4, -0.2) is 22.2 Å². The van der Waals surface area contributed by atoms with Gasteiger partial charge in [-0.15, -0.1) is 0 Å². The number of aromatic nitrogens is 2. The van der Waals surface area contributed by atoms with Gasteiger partial charge in [-0.2, -0.15) is 5.10 Å². The lowest BCUT2D eigenvalue weighted by atomic mass is 9.93. The van der Waals surface area contributed by atoms with Crippen LogP contribution in [0.15, 0.2) is 43.1 Å². The van der Waals surface area contributed by atoms with E-state index in [1.165, 1.54) is 0 Å². The highest BCUT2D eigenvalue weighted by Crippen LogP contribution is 2.30. The van der Waals surface area contributed by atoms with Gasteiger partial charge in [0.2, 0.25) is 0 Å². The van der Waals surface area contributed by atoms with Gasteiger partial charge >= 0.3 is 0 Å². The van der Waals surface area contributed by atoms with Crippen LogP contribution in [0.2, 0.25) is 0 Å². The van der Waals surface area contributed by atoms with E-state index in [2.05, 4.69) is 32.4 Å². The first-order valence-corrected chi connectivity index (χ1v) is 8.40. The molecule has 0 radical (unpaired) electrons. The van der Waals surface area contributed by atoms with Crippen LogP contribution in [0.5, 0.6) is 0 Å². The van der Waals surface area contributed by atoms with Gasteiger partial charge in [-0.25, -0.2) is 0 Å². The van der Waals surface area contributed by atoms with Crippen molar-refractivity contribution in [1.29, 1.82) is 0 Å². The molecule has 1 aromatic carbocycles. The van der Waals surface area contributed by atoms with Crippen molar-refractivity contribution in [3.8, 4) is 0 Å². The van der Waals surface area contributed by atoms with Crippen molar-refractivity contribution < 1.29 is 4.79 Å². The first-order valence-electron chi connectivity index (χ1n) is 8.40. The van der Waals surface area contributed by atoms with Crippen molar-refractivity contribution in [1.82, 2.24) is 9.78 Å². The Morgan fingerprint density at radius 1 is 1.29 bits per heavy atom. The average Bonchev–Trinajstić information content (AvgIpc) is 3.13. The molecule has 1 unspecified atom stereocenters. The van der Waals surface area contributed by atoms with Gasteiger partial charge in [0.25, 0.3) is 5.91 Å². The van der Waals surface area contributed by atoms with Crippen molar-refractivity contribution in [3.05, 3.63) is 54.4 Å². The molecule has 1 amide bonds. The van der Waals surface area contributed by atoms with Gasteiger partial charge in [0.1, 0.15) is 6.04 Å². The van der Waals surface area contributed by atoms with Gasteiger partial charge in [-0.3, -0.25) is 9.48 Å². The predicted molar refractivity (Wildman–Crippen MR) is 98.1 cm³/mol. The summed E-state index contributed by atoms with van der Waals surface area (Å²) in [5.41, 5.74) is 4.01. The summed E-state index contributed by atoms with van der Waals surface area (Å²) < 4.78 is 1.82. The van der Waals surface area contributed by atoms with Crippen LogP contribution in [0.1, 0.15) is 51.4 Å². The molecule has 2 aromatic rings. The average molecular weight is 323 g/mol. The molecule has 0 N–H and O–H groups in total. The lowest BCUT2D eigenvalue weighted by molar-refractivity contribution is -0.120. The number of rotatable bonds is 3. The minimum atomic E-state index is -0.213. The summed E-state index contributed by atoms with van der Waals surface area (Å²) in [5, 5.41) is 4.64. The molecule has 2 heterocycles. The molecule has 4 heteroatoms. The highest BCUT2D eigenvalue weighted by Gasteiger charge is 2.35. The number of carbonyl (C=O) groups is 1. The molecular formula is C20H25N3O. The lowest BCUT2D eigenvalue weighted by Gasteiger charge is -2.18. The fourth-order valence-corrected chi connectivity index (χ4v) is 3.02. The molecular weight excluding hydrogens is 298 g/mol. The van der Waals surface area contributed by atoms with E-state index in [9.17, 15) is 4.79 Å². The Morgan fingerprint density at radius 2 is 2.04 bits per heavy atom. The maximum Gasteiger partial charge on any atom is 0.251 e. The van der Waals surface area contributed by atoms with Crippen molar-refractivity contribution in [2.45, 2.75) is 45.6 Å². The molecule has 0 bridgehead atoms. The Labute approximate surface area is 143 Å². The van der Waals surface area contributed by atoms with Crippen molar-refractivity contribution in [2.24, 2.45) is 0 Å². The summed E-state index contributed by atoms with van der Waals surface area (Å²) in [6.45, 7) is 13.1. The Bertz CT molecular complexity index is 782. The van der Waals surface area contributed by atoms with Gasteiger partial charge in [0, 0.05) is 23.8 Å². The maximum absolute atomic E-state index is 12.9. The molecule has 126 valence electrons. The Hall–Kier alpha value is -2.36. The standard InChI is InChI=1S/C20H25N3O/c1-14(2)15-7-6-8-16(13-15)22-11-9-17(19(22)24)23-12-10-18(21-23)20(3,4)5/h6-8,10,12-13,17H,1,9,11H2,2-5H3. The molecule has 0 saturated carbocycles. The van der Waals surface area contributed by atoms with Crippen LogP contribution in [-0.2, 0) is 10.2 Å². The molecule has 4 nitrogen and oxygen atoms in total. The van der Waals surface area contributed by atoms with E-state index >= 15 is 0 Å². The molecule has 0 aliphatic carbocycles. The van der Waals surface area contributed by atoms with E-state index in [-0.39, 0.29) is 17.4 Å². The third-order valence-corrected chi connectivity index (χ3v) is 4.52.